The number of anilines is 2. The number of para-hydroxylation sites is 2. The Kier molecular flexibility index (Phi) is 6.93. The molecular weight excluding hydrogens is 502 g/mol. The van der Waals surface area contributed by atoms with Crippen LogP contribution in [0.15, 0.2) is 82.8 Å². The summed E-state index contributed by atoms with van der Waals surface area (Å²) in [5.74, 6) is -0.649. The van der Waals surface area contributed by atoms with Crippen molar-refractivity contribution >= 4 is 51.1 Å². The number of hydrogen-bond donors (Lipinski definition) is 2. The molecule has 2 N–H and O–H groups in total. The van der Waals surface area contributed by atoms with Gasteiger partial charge >= 0.3 is 0 Å². The van der Waals surface area contributed by atoms with Crippen molar-refractivity contribution in [2.24, 2.45) is 0 Å². The van der Waals surface area contributed by atoms with E-state index in [1.165, 1.54) is 18.2 Å². The van der Waals surface area contributed by atoms with Gasteiger partial charge in [-0.1, -0.05) is 52.3 Å². The zero-order valence-electron chi connectivity index (χ0n) is 18.1. The lowest BCUT2D eigenvalue weighted by atomic mass is 10.1. The summed E-state index contributed by atoms with van der Waals surface area (Å²) < 4.78 is 11.6. The Labute approximate surface area is 204 Å². The van der Waals surface area contributed by atoms with Gasteiger partial charge in [-0.25, -0.2) is 5.01 Å². The molecule has 3 aromatic rings. The van der Waals surface area contributed by atoms with Crippen LogP contribution in [-0.2, 0) is 14.4 Å². The van der Waals surface area contributed by atoms with Crippen LogP contribution in [0.5, 0.6) is 11.5 Å². The highest BCUT2D eigenvalue weighted by atomic mass is 79.9. The lowest BCUT2D eigenvalue weighted by Crippen LogP contribution is -2.35. The predicted octanol–water partition coefficient (Wildman–Crippen LogP) is 3.94. The SMILES string of the molecule is COc1cc(/C=C2/C(=O)NN(c3ccccc3)C2=O)c(Br)cc1OCC(=O)Nc1ccccc1. The number of amides is 3. The molecule has 1 aliphatic heterocycles. The minimum absolute atomic E-state index is 0.0255. The number of methoxy groups -OCH3 is 1. The maximum atomic E-state index is 12.8. The van der Waals surface area contributed by atoms with E-state index >= 15 is 0 Å². The topological polar surface area (TPSA) is 97.0 Å². The molecule has 1 fully saturated rings. The van der Waals surface area contributed by atoms with Gasteiger partial charge in [0.15, 0.2) is 18.1 Å². The maximum absolute atomic E-state index is 12.8. The number of nitrogens with zero attached hydrogens (tertiary/aromatic N) is 1. The first-order chi connectivity index (χ1) is 16.5. The fraction of sp³-hybridized carbons (Fsp3) is 0.0800. The van der Waals surface area contributed by atoms with Crippen molar-refractivity contribution in [2.45, 2.75) is 0 Å². The predicted molar refractivity (Wildman–Crippen MR) is 131 cm³/mol. The normalized spacial score (nSPS) is 14.2. The van der Waals surface area contributed by atoms with Crippen LogP contribution in [-0.4, -0.2) is 31.4 Å². The van der Waals surface area contributed by atoms with E-state index in [4.69, 9.17) is 9.47 Å². The molecule has 1 saturated heterocycles. The molecule has 0 bridgehead atoms. The number of rotatable bonds is 7. The quantitative estimate of drug-likeness (QED) is 0.362. The van der Waals surface area contributed by atoms with Gasteiger partial charge < -0.3 is 14.8 Å². The molecule has 0 spiro atoms. The second kappa shape index (κ2) is 10.2. The fourth-order valence-electron chi connectivity index (χ4n) is 3.27. The van der Waals surface area contributed by atoms with Crippen LogP contribution in [0.4, 0.5) is 11.4 Å². The molecule has 3 amide bonds. The molecule has 3 aromatic carbocycles. The first-order valence-corrected chi connectivity index (χ1v) is 11.0. The van der Waals surface area contributed by atoms with Crippen molar-refractivity contribution < 1.29 is 23.9 Å². The molecule has 1 heterocycles. The monoisotopic (exact) mass is 521 g/mol. The van der Waals surface area contributed by atoms with Gasteiger partial charge in [0.25, 0.3) is 17.7 Å². The molecular formula is C25H20BrN3O5. The van der Waals surface area contributed by atoms with Gasteiger partial charge in [0.05, 0.1) is 12.8 Å². The minimum atomic E-state index is -0.516. The first-order valence-electron chi connectivity index (χ1n) is 10.2. The van der Waals surface area contributed by atoms with Crippen molar-refractivity contribution in [3.8, 4) is 11.5 Å². The smallest absolute Gasteiger partial charge is 0.282 e. The highest BCUT2D eigenvalue weighted by Gasteiger charge is 2.34. The third kappa shape index (κ3) is 5.10. The maximum Gasteiger partial charge on any atom is 0.282 e. The van der Waals surface area contributed by atoms with Crippen molar-refractivity contribution in [1.82, 2.24) is 5.43 Å². The van der Waals surface area contributed by atoms with E-state index in [9.17, 15) is 14.4 Å². The summed E-state index contributed by atoms with van der Waals surface area (Å²) in [4.78, 5) is 37.5. The standard InChI is InChI=1S/C25H20BrN3O5/c1-33-21-13-16(12-19-24(31)28-29(25(19)32)18-10-6-3-7-11-18)20(26)14-22(21)34-15-23(30)27-17-8-4-2-5-9-17/h2-14H,15H2,1H3,(H,27,30)(H,28,31)/b19-12-. The molecule has 4 rings (SSSR count). The second-order valence-corrected chi connectivity index (χ2v) is 8.06. The van der Waals surface area contributed by atoms with Crippen molar-refractivity contribution in [1.29, 1.82) is 0 Å². The highest BCUT2D eigenvalue weighted by molar-refractivity contribution is 9.10. The number of carbonyl (C=O) groups is 3. The summed E-state index contributed by atoms with van der Waals surface area (Å²) in [5.41, 5.74) is 4.29. The molecule has 0 aromatic heterocycles. The summed E-state index contributed by atoms with van der Waals surface area (Å²) in [5, 5.41) is 3.94. The van der Waals surface area contributed by atoms with Gasteiger partial charge in [-0.15, -0.1) is 0 Å². The zero-order valence-corrected chi connectivity index (χ0v) is 19.7. The Hall–Kier alpha value is -4.11. The third-order valence-electron chi connectivity index (χ3n) is 4.90. The number of hydrogen-bond acceptors (Lipinski definition) is 5. The van der Waals surface area contributed by atoms with Crippen LogP contribution in [0.1, 0.15) is 5.56 Å². The molecule has 0 atom stereocenters. The molecule has 1 aliphatic rings. The van der Waals surface area contributed by atoms with Gasteiger partial charge in [-0.3, -0.25) is 19.8 Å². The Morgan fingerprint density at radius 2 is 1.71 bits per heavy atom. The molecule has 0 aliphatic carbocycles. The van der Waals surface area contributed by atoms with E-state index in [2.05, 4.69) is 26.7 Å². The van der Waals surface area contributed by atoms with Crippen LogP contribution in [0, 0.1) is 0 Å². The number of benzene rings is 3. The number of ether oxygens (including phenoxy) is 2. The Morgan fingerprint density at radius 3 is 2.38 bits per heavy atom. The zero-order chi connectivity index (χ0) is 24.1. The van der Waals surface area contributed by atoms with Crippen molar-refractivity contribution in [2.75, 3.05) is 24.0 Å². The molecule has 9 heteroatoms. The van der Waals surface area contributed by atoms with Crippen LogP contribution >= 0.6 is 15.9 Å². The number of halogens is 1. The van der Waals surface area contributed by atoms with E-state index < -0.39 is 11.8 Å². The van der Waals surface area contributed by atoms with Gasteiger partial charge in [0.2, 0.25) is 0 Å². The molecule has 34 heavy (non-hydrogen) atoms. The van der Waals surface area contributed by atoms with E-state index in [-0.39, 0.29) is 18.1 Å². The summed E-state index contributed by atoms with van der Waals surface area (Å²) in [7, 11) is 1.46. The molecule has 172 valence electrons. The third-order valence-corrected chi connectivity index (χ3v) is 5.59. The lowest BCUT2D eigenvalue weighted by molar-refractivity contribution is -0.118. The number of carbonyl (C=O) groups excluding carboxylic acids is 3. The molecule has 8 nitrogen and oxygen atoms in total. The van der Waals surface area contributed by atoms with Crippen LogP contribution < -0.4 is 25.2 Å². The average molecular weight is 522 g/mol. The largest absolute Gasteiger partial charge is 0.493 e. The van der Waals surface area contributed by atoms with Crippen molar-refractivity contribution in [3.05, 3.63) is 88.4 Å². The summed E-state index contributed by atoms with van der Waals surface area (Å²) in [6, 6.07) is 21.1. The Morgan fingerprint density at radius 1 is 1.03 bits per heavy atom. The van der Waals surface area contributed by atoms with Gasteiger partial charge in [-0.05, 0) is 48.0 Å². The highest BCUT2D eigenvalue weighted by Crippen LogP contribution is 2.35. The Bertz CT molecular complexity index is 1260. The first kappa shape index (κ1) is 23.1. The Balaban J connectivity index is 1.51. The molecule has 0 unspecified atom stereocenters. The summed E-state index contributed by atoms with van der Waals surface area (Å²) >= 11 is 3.44. The van der Waals surface area contributed by atoms with Crippen LogP contribution in [0.2, 0.25) is 0 Å². The van der Waals surface area contributed by atoms with Crippen LogP contribution in [0.25, 0.3) is 6.08 Å². The number of nitrogens with one attached hydrogen (secondary N) is 2. The minimum Gasteiger partial charge on any atom is -0.493 e. The van der Waals surface area contributed by atoms with Gasteiger partial charge in [-0.2, -0.15) is 0 Å². The van der Waals surface area contributed by atoms with Gasteiger partial charge in [0, 0.05) is 10.2 Å². The lowest BCUT2D eigenvalue weighted by Gasteiger charge is -2.14. The summed E-state index contributed by atoms with van der Waals surface area (Å²) in [6.45, 7) is -0.231. The summed E-state index contributed by atoms with van der Waals surface area (Å²) in [6.07, 6.45) is 1.47. The van der Waals surface area contributed by atoms with E-state index in [1.54, 1.807) is 48.5 Å². The van der Waals surface area contributed by atoms with E-state index in [0.29, 0.717) is 32.9 Å². The van der Waals surface area contributed by atoms with E-state index in [1.807, 2.05) is 24.3 Å². The van der Waals surface area contributed by atoms with Crippen LogP contribution in [0.3, 0.4) is 0 Å². The fourth-order valence-corrected chi connectivity index (χ4v) is 3.70. The molecule has 0 saturated carbocycles. The van der Waals surface area contributed by atoms with Gasteiger partial charge in [0.1, 0.15) is 5.57 Å². The number of hydrazine groups is 1. The van der Waals surface area contributed by atoms with Crippen molar-refractivity contribution in [3.63, 3.8) is 0 Å². The molecule has 0 radical (unpaired) electrons. The van der Waals surface area contributed by atoms with E-state index in [0.717, 1.165) is 0 Å². The average Bonchev–Trinajstić information content (AvgIpc) is 3.13. The second-order valence-electron chi connectivity index (χ2n) is 7.20.